The summed E-state index contributed by atoms with van der Waals surface area (Å²) < 4.78 is 0. The van der Waals surface area contributed by atoms with Crippen LogP contribution in [-0.4, -0.2) is 43.7 Å². The highest BCUT2D eigenvalue weighted by Crippen LogP contribution is 2.15. The fourth-order valence-electron chi connectivity index (χ4n) is 2.66. The molecule has 1 saturated heterocycles. The summed E-state index contributed by atoms with van der Waals surface area (Å²) in [7, 11) is 0. The van der Waals surface area contributed by atoms with Gasteiger partial charge >= 0.3 is 0 Å². The average Bonchev–Trinajstić information content (AvgIpc) is 2.43. The van der Waals surface area contributed by atoms with Gasteiger partial charge < -0.3 is 15.5 Å². The Kier molecular flexibility index (Phi) is 5.23. The smallest absolute Gasteiger partial charge is 0.0366 e. The van der Waals surface area contributed by atoms with Crippen molar-refractivity contribution in [3.8, 4) is 0 Å². The van der Waals surface area contributed by atoms with Crippen LogP contribution in [0.15, 0.2) is 24.3 Å². The third kappa shape index (κ3) is 4.22. The molecule has 1 aromatic carbocycles. The topological polar surface area (TPSA) is 32.5 Å². The second kappa shape index (κ2) is 6.92. The van der Waals surface area contributed by atoms with Gasteiger partial charge in [-0.3, -0.25) is 0 Å². The first kappa shape index (κ1) is 14.4. The normalized spacial score (nSPS) is 17.6. The molecule has 1 aliphatic heterocycles. The van der Waals surface area contributed by atoms with Gasteiger partial charge in [-0.15, -0.1) is 0 Å². The molecule has 0 radical (unpaired) electrons. The maximum absolute atomic E-state index is 5.95. The first-order valence-electron chi connectivity index (χ1n) is 7.48. The highest BCUT2D eigenvalue weighted by molar-refractivity contribution is 5.47. The quantitative estimate of drug-likeness (QED) is 0.882. The van der Waals surface area contributed by atoms with E-state index in [1.54, 1.807) is 0 Å². The minimum absolute atomic E-state index is 0.427. The molecule has 1 aromatic rings. The molecule has 1 aliphatic rings. The van der Waals surface area contributed by atoms with Crippen LogP contribution in [0, 0.1) is 6.92 Å². The van der Waals surface area contributed by atoms with Crippen molar-refractivity contribution in [2.24, 2.45) is 5.73 Å². The van der Waals surface area contributed by atoms with Gasteiger partial charge in [0.05, 0.1) is 0 Å². The molecule has 3 heteroatoms. The summed E-state index contributed by atoms with van der Waals surface area (Å²) in [5.74, 6) is 0. The molecule has 0 spiro atoms. The summed E-state index contributed by atoms with van der Waals surface area (Å²) in [6.45, 7) is 10.0. The number of likely N-dealkylation sites (N-methyl/N-ethyl adjacent to an activating group) is 1. The lowest BCUT2D eigenvalue weighted by Gasteiger charge is -2.32. The number of likely N-dealkylation sites (tertiary alicyclic amines) is 1. The standard InChI is InChI=1S/C16H27N3/c1-3-19(16-6-4-14(2)5-7-16)13-12-18-10-8-15(17)9-11-18/h4-7,15H,3,8-13,17H2,1-2H3. The van der Waals surface area contributed by atoms with Crippen LogP contribution in [0.1, 0.15) is 25.3 Å². The van der Waals surface area contributed by atoms with E-state index < -0.39 is 0 Å². The highest BCUT2D eigenvalue weighted by atomic mass is 15.2. The Labute approximate surface area is 117 Å². The molecule has 0 bridgehead atoms. The highest BCUT2D eigenvalue weighted by Gasteiger charge is 2.16. The molecule has 0 unspecified atom stereocenters. The number of hydrogen-bond acceptors (Lipinski definition) is 3. The lowest BCUT2D eigenvalue weighted by Crippen LogP contribution is -2.43. The molecular formula is C16H27N3. The fraction of sp³-hybridized carbons (Fsp3) is 0.625. The summed E-state index contributed by atoms with van der Waals surface area (Å²) in [6, 6.07) is 9.27. The van der Waals surface area contributed by atoms with Crippen molar-refractivity contribution < 1.29 is 0 Å². The van der Waals surface area contributed by atoms with E-state index in [9.17, 15) is 0 Å². The Bertz CT molecular complexity index is 366. The number of anilines is 1. The Morgan fingerprint density at radius 1 is 1.21 bits per heavy atom. The van der Waals surface area contributed by atoms with Gasteiger partial charge in [0.25, 0.3) is 0 Å². The van der Waals surface area contributed by atoms with E-state index in [-0.39, 0.29) is 0 Å². The molecular weight excluding hydrogens is 234 g/mol. The van der Waals surface area contributed by atoms with Gasteiger partial charge in [-0.25, -0.2) is 0 Å². The van der Waals surface area contributed by atoms with E-state index in [0.29, 0.717) is 6.04 Å². The zero-order chi connectivity index (χ0) is 13.7. The van der Waals surface area contributed by atoms with E-state index in [1.807, 2.05) is 0 Å². The molecule has 1 heterocycles. The van der Waals surface area contributed by atoms with Crippen molar-refractivity contribution in [1.82, 2.24) is 4.90 Å². The van der Waals surface area contributed by atoms with Crippen molar-refractivity contribution in [3.05, 3.63) is 29.8 Å². The van der Waals surface area contributed by atoms with Crippen molar-refractivity contribution >= 4 is 5.69 Å². The summed E-state index contributed by atoms with van der Waals surface area (Å²) in [6.07, 6.45) is 2.30. The van der Waals surface area contributed by atoms with Gasteiger partial charge in [0.15, 0.2) is 0 Å². The Balaban J connectivity index is 1.84. The third-order valence-corrected chi connectivity index (χ3v) is 4.10. The largest absolute Gasteiger partial charge is 0.371 e. The summed E-state index contributed by atoms with van der Waals surface area (Å²) in [5.41, 5.74) is 8.61. The van der Waals surface area contributed by atoms with Crippen LogP contribution < -0.4 is 10.6 Å². The van der Waals surface area contributed by atoms with E-state index >= 15 is 0 Å². The van der Waals surface area contributed by atoms with Gasteiger partial charge in [-0.05, 0) is 51.9 Å². The van der Waals surface area contributed by atoms with Crippen LogP contribution in [0.25, 0.3) is 0 Å². The van der Waals surface area contributed by atoms with Gasteiger partial charge in [0.2, 0.25) is 0 Å². The predicted octanol–water partition coefficient (Wildman–Crippen LogP) is 2.24. The molecule has 0 aliphatic carbocycles. The molecule has 0 saturated carbocycles. The maximum Gasteiger partial charge on any atom is 0.0366 e. The fourth-order valence-corrected chi connectivity index (χ4v) is 2.66. The van der Waals surface area contributed by atoms with Crippen LogP contribution in [0.5, 0.6) is 0 Å². The summed E-state index contributed by atoms with van der Waals surface area (Å²) in [4.78, 5) is 4.99. The number of benzene rings is 1. The van der Waals surface area contributed by atoms with Gasteiger partial charge in [-0.2, -0.15) is 0 Å². The maximum atomic E-state index is 5.95. The van der Waals surface area contributed by atoms with Gasteiger partial charge in [0.1, 0.15) is 0 Å². The molecule has 2 N–H and O–H groups in total. The second-order valence-corrected chi connectivity index (χ2v) is 5.59. The molecule has 1 fully saturated rings. The Hall–Kier alpha value is -1.06. The van der Waals surface area contributed by atoms with Crippen molar-refractivity contribution in [2.75, 3.05) is 37.6 Å². The molecule has 0 amide bonds. The first-order chi connectivity index (χ1) is 9.19. The van der Waals surface area contributed by atoms with Crippen LogP contribution in [0.2, 0.25) is 0 Å². The predicted molar refractivity (Wildman–Crippen MR) is 82.7 cm³/mol. The number of nitrogens with zero attached hydrogens (tertiary/aromatic N) is 2. The van der Waals surface area contributed by atoms with Crippen molar-refractivity contribution in [2.45, 2.75) is 32.7 Å². The number of aryl methyl sites for hydroxylation is 1. The molecule has 2 rings (SSSR count). The van der Waals surface area contributed by atoms with Crippen molar-refractivity contribution in [1.29, 1.82) is 0 Å². The molecule has 3 nitrogen and oxygen atoms in total. The zero-order valence-corrected chi connectivity index (χ0v) is 12.3. The minimum atomic E-state index is 0.427. The zero-order valence-electron chi connectivity index (χ0n) is 12.3. The average molecular weight is 261 g/mol. The number of rotatable bonds is 5. The summed E-state index contributed by atoms with van der Waals surface area (Å²) >= 11 is 0. The number of piperidine rings is 1. The second-order valence-electron chi connectivity index (χ2n) is 5.59. The first-order valence-corrected chi connectivity index (χ1v) is 7.48. The number of hydrogen-bond donors (Lipinski definition) is 1. The van der Waals surface area contributed by atoms with Crippen LogP contribution in [0.3, 0.4) is 0 Å². The van der Waals surface area contributed by atoms with Crippen LogP contribution in [-0.2, 0) is 0 Å². The lowest BCUT2D eigenvalue weighted by atomic mass is 10.1. The molecule has 106 valence electrons. The van der Waals surface area contributed by atoms with E-state index in [4.69, 9.17) is 5.73 Å². The van der Waals surface area contributed by atoms with E-state index in [1.165, 1.54) is 11.3 Å². The Morgan fingerprint density at radius 3 is 2.42 bits per heavy atom. The molecule has 19 heavy (non-hydrogen) atoms. The third-order valence-electron chi connectivity index (χ3n) is 4.10. The number of nitrogens with two attached hydrogens (primary N) is 1. The molecule has 0 aromatic heterocycles. The monoisotopic (exact) mass is 261 g/mol. The minimum Gasteiger partial charge on any atom is -0.371 e. The Morgan fingerprint density at radius 2 is 1.84 bits per heavy atom. The van der Waals surface area contributed by atoms with Crippen LogP contribution in [0.4, 0.5) is 5.69 Å². The van der Waals surface area contributed by atoms with Gasteiger partial charge in [-0.1, -0.05) is 17.7 Å². The van der Waals surface area contributed by atoms with E-state index in [0.717, 1.165) is 45.6 Å². The van der Waals surface area contributed by atoms with E-state index in [2.05, 4.69) is 47.9 Å². The van der Waals surface area contributed by atoms with Crippen LogP contribution >= 0.6 is 0 Å². The lowest BCUT2D eigenvalue weighted by molar-refractivity contribution is 0.217. The molecule has 0 atom stereocenters. The SMILES string of the molecule is CCN(CCN1CCC(N)CC1)c1ccc(C)cc1. The van der Waals surface area contributed by atoms with Crippen molar-refractivity contribution in [3.63, 3.8) is 0 Å². The van der Waals surface area contributed by atoms with Gasteiger partial charge in [0, 0.05) is 31.4 Å². The summed E-state index contributed by atoms with van der Waals surface area (Å²) in [5, 5.41) is 0.